The van der Waals surface area contributed by atoms with E-state index in [1.807, 2.05) is 13.8 Å². The number of halogens is 1. The van der Waals surface area contributed by atoms with Gasteiger partial charge in [-0.1, -0.05) is 47.1 Å². The standard InChI is InChI=1S/C13H20BrN3OS/c1-8(2)11-12(19-17-16-11)13(18)15-7-9-5-3-4-6-10(9)14/h8-10H,3-7H2,1-2H3,(H,15,18). The lowest BCUT2D eigenvalue weighted by Crippen LogP contribution is -2.34. The molecule has 4 nitrogen and oxygen atoms in total. The molecule has 1 aliphatic carbocycles. The summed E-state index contributed by atoms with van der Waals surface area (Å²) in [5.41, 5.74) is 0.807. The number of alkyl halides is 1. The minimum atomic E-state index is -0.0241. The summed E-state index contributed by atoms with van der Waals surface area (Å²) < 4.78 is 3.90. The monoisotopic (exact) mass is 345 g/mol. The van der Waals surface area contributed by atoms with Crippen LogP contribution in [-0.2, 0) is 0 Å². The molecule has 0 bridgehead atoms. The van der Waals surface area contributed by atoms with Crippen LogP contribution in [0.25, 0.3) is 0 Å². The van der Waals surface area contributed by atoms with Crippen LogP contribution in [0.4, 0.5) is 0 Å². The van der Waals surface area contributed by atoms with Gasteiger partial charge in [0.1, 0.15) is 4.88 Å². The highest BCUT2D eigenvalue weighted by Crippen LogP contribution is 2.29. The molecule has 1 aliphatic rings. The zero-order chi connectivity index (χ0) is 13.8. The van der Waals surface area contributed by atoms with Crippen molar-refractivity contribution in [3.05, 3.63) is 10.6 Å². The molecule has 0 aromatic carbocycles. The van der Waals surface area contributed by atoms with Crippen LogP contribution in [0.2, 0.25) is 0 Å². The third-order valence-corrected chi connectivity index (χ3v) is 5.55. The van der Waals surface area contributed by atoms with Crippen LogP contribution in [0, 0.1) is 5.92 Å². The summed E-state index contributed by atoms with van der Waals surface area (Å²) in [5.74, 6) is 0.753. The van der Waals surface area contributed by atoms with E-state index in [1.54, 1.807) is 0 Å². The number of hydrogen-bond donors (Lipinski definition) is 1. The van der Waals surface area contributed by atoms with E-state index in [1.165, 1.54) is 37.2 Å². The van der Waals surface area contributed by atoms with E-state index in [4.69, 9.17) is 0 Å². The van der Waals surface area contributed by atoms with Gasteiger partial charge in [0.2, 0.25) is 0 Å². The molecule has 1 N–H and O–H groups in total. The lowest BCUT2D eigenvalue weighted by Gasteiger charge is -2.27. The zero-order valence-electron chi connectivity index (χ0n) is 11.4. The molecule has 0 aliphatic heterocycles. The number of nitrogens with zero attached hydrogens (tertiary/aromatic N) is 2. The van der Waals surface area contributed by atoms with E-state index in [0.29, 0.717) is 15.6 Å². The predicted octanol–water partition coefficient (Wildman–Crippen LogP) is 3.35. The molecule has 1 saturated carbocycles. The van der Waals surface area contributed by atoms with Crippen molar-refractivity contribution >= 4 is 33.4 Å². The summed E-state index contributed by atoms with van der Waals surface area (Å²) in [6, 6.07) is 0. The molecule has 0 spiro atoms. The van der Waals surface area contributed by atoms with E-state index in [9.17, 15) is 4.79 Å². The van der Waals surface area contributed by atoms with Crippen molar-refractivity contribution in [2.45, 2.75) is 50.3 Å². The Labute approximate surface area is 126 Å². The van der Waals surface area contributed by atoms with E-state index >= 15 is 0 Å². The fourth-order valence-electron chi connectivity index (χ4n) is 2.43. The molecule has 1 heterocycles. The Kier molecular flexibility index (Phi) is 5.33. The first-order chi connectivity index (χ1) is 9.09. The van der Waals surface area contributed by atoms with Crippen molar-refractivity contribution in [2.75, 3.05) is 6.54 Å². The van der Waals surface area contributed by atoms with Crippen LogP contribution < -0.4 is 5.32 Å². The molecular weight excluding hydrogens is 326 g/mol. The third kappa shape index (κ3) is 3.75. The maximum atomic E-state index is 12.2. The van der Waals surface area contributed by atoms with Crippen molar-refractivity contribution in [3.8, 4) is 0 Å². The molecule has 6 heteroatoms. The molecule has 1 fully saturated rings. The normalized spacial score (nSPS) is 23.6. The molecular formula is C13H20BrN3OS. The van der Waals surface area contributed by atoms with Crippen molar-refractivity contribution in [3.63, 3.8) is 0 Å². The summed E-state index contributed by atoms with van der Waals surface area (Å²) in [6.07, 6.45) is 4.95. The van der Waals surface area contributed by atoms with Crippen molar-refractivity contribution in [1.82, 2.24) is 14.9 Å². The first-order valence-electron chi connectivity index (χ1n) is 6.84. The first-order valence-corrected chi connectivity index (χ1v) is 8.53. The van der Waals surface area contributed by atoms with Gasteiger partial charge < -0.3 is 5.32 Å². The fraction of sp³-hybridized carbons (Fsp3) is 0.769. The minimum absolute atomic E-state index is 0.0241. The average Bonchev–Trinajstić information content (AvgIpc) is 2.87. The van der Waals surface area contributed by atoms with E-state index < -0.39 is 0 Å². The molecule has 2 atom stereocenters. The number of hydrogen-bond acceptors (Lipinski definition) is 4. The minimum Gasteiger partial charge on any atom is -0.351 e. The number of rotatable bonds is 4. The topological polar surface area (TPSA) is 54.9 Å². The van der Waals surface area contributed by atoms with Gasteiger partial charge in [-0.25, -0.2) is 0 Å². The SMILES string of the molecule is CC(C)c1nnsc1C(=O)NCC1CCCCC1Br. The van der Waals surface area contributed by atoms with Crippen LogP contribution in [0.15, 0.2) is 0 Å². The summed E-state index contributed by atoms with van der Waals surface area (Å²) in [6.45, 7) is 4.80. The lowest BCUT2D eigenvalue weighted by atomic mass is 9.89. The summed E-state index contributed by atoms with van der Waals surface area (Å²) in [5, 5.41) is 7.09. The highest BCUT2D eigenvalue weighted by atomic mass is 79.9. The second-order valence-corrected chi connectivity index (χ2v) is 7.34. The maximum Gasteiger partial charge on any atom is 0.264 e. The molecule has 0 saturated heterocycles. The van der Waals surface area contributed by atoms with Crippen molar-refractivity contribution < 1.29 is 4.79 Å². The Morgan fingerprint density at radius 3 is 2.89 bits per heavy atom. The van der Waals surface area contributed by atoms with Gasteiger partial charge in [-0.3, -0.25) is 4.79 Å². The van der Waals surface area contributed by atoms with E-state index in [-0.39, 0.29) is 11.8 Å². The highest BCUT2D eigenvalue weighted by molar-refractivity contribution is 9.09. The Morgan fingerprint density at radius 1 is 1.47 bits per heavy atom. The van der Waals surface area contributed by atoms with Gasteiger partial charge >= 0.3 is 0 Å². The highest BCUT2D eigenvalue weighted by Gasteiger charge is 2.24. The lowest BCUT2D eigenvalue weighted by molar-refractivity contribution is 0.0947. The molecule has 1 aromatic heterocycles. The summed E-state index contributed by atoms with van der Waals surface area (Å²) in [7, 11) is 0. The second-order valence-electron chi connectivity index (χ2n) is 5.41. The van der Waals surface area contributed by atoms with E-state index in [0.717, 1.165) is 12.2 Å². The van der Waals surface area contributed by atoms with Crippen LogP contribution in [0.1, 0.15) is 60.8 Å². The van der Waals surface area contributed by atoms with Crippen LogP contribution >= 0.6 is 27.5 Å². The first kappa shape index (κ1) is 14.9. The second kappa shape index (κ2) is 6.79. The Morgan fingerprint density at radius 2 is 2.21 bits per heavy atom. The molecule has 2 rings (SSSR count). The van der Waals surface area contributed by atoms with Crippen molar-refractivity contribution in [1.29, 1.82) is 0 Å². The molecule has 1 aromatic rings. The maximum absolute atomic E-state index is 12.2. The number of carbonyl (C=O) groups excluding carboxylic acids is 1. The molecule has 1 amide bonds. The third-order valence-electron chi connectivity index (χ3n) is 3.61. The van der Waals surface area contributed by atoms with Crippen molar-refractivity contribution in [2.24, 2.45) is 5.92 Å². The quantitative estimate of drug-likeness (QED) is 0.851. The molecule has 2 unspecified atom stereocenters. The van der Waals surface area contributed by atoms with Gasteiger partial charge in [0.25, 0.3) is 5.91 Å². The molecule has 0 radical (unpaired) electrons. The van der Waals surface area contributed by atoms with Gasteiger partial charge in [0.15, 0.2) is 0 Å². The number of amides is 1. The van der Waals surface area contributed by atoms with Gasteiger partial charge in [-0.2, -0.15) is 0 Å². The number of carbonyl (C=O) groups is 1. The smallest absolute Gasteiger partial charge is 0.264 e. The van der Waals surface area contributed by atoms with Gasteiger partial charge in [0.05, 0.1) is 5.69 Å². The summed E-state index contributed by atoms with van der Waals surface area (Å²) >= 11 is 4.91. The van der Waals surface area contributed by atoms with E-state index in [2.05, 4.69) is 30.8 Å². The number of nitrogens with one attached hydrogen (secondary N) is 1. The van der Waals surface area contributed by atoms with Gasteiger partial charge in [0, 0.05) is 11.4 Å². The Hall–Kier alpha value is -0.490. The van der Waals surface area contributed by atoms with Crippen LogP contribution in [0.3, 0.4) is 0 Å². The van der Waals surface area contributed by atoms with Gasteiger partial charge in [-0.15, -0.1) is 5.10 Å². The predicted molar refractivity (Wildman–Crippen MR) is 81.0 cm³/mol. The largest absolute Gasteiger partial charge is 0.351 e. The number of aromatic nitrogens is 2. The van der Waals surface area contributed by atoms with Crippen LogP contribution in [0.5, 0.6) is 0 Å². The Bertz CT molecular complexity index is 435. The average molecular weight is 346 g/mol. The zero-order valence-corrected chi connectivity index (χ0v) is 13.8. The Balaban J connectivity index is 1.92. The van der Waals surface area contributed by atoms with Crippen LogP contribution in [-0.4, -0.2) is 26.9 Å². The van der Waals surface area contributed by atoms with Gasteiger partial charge in [-0.05, 0) is 36.2 Å². The summed E-state index contributed by atoms with van der Waals surface area (Å²) in [4.78, 5) is 13.4. The molecule has 106 valence electrons. The molecule has 19 heavy (non-hydrogen) atoms. The fourth-order valence-corrected chi connectivity index (χ4v) is 3.94.